The number of hydrogen-bond donors (Lipinski definition) is 1. The van der Waals surface area contributed by atoms with E-state index in [1.807, 2.05) is 6.07 Å². The van der Waals surface area contributed by atoms with E-state index in [9.17, 15) is 0 Å². The molecule has 1 aromatic carbocycles. The molecule has 1 aromatic rings. The number of hydrogen-bond acceptors (Lipinski definition) is 3. The third-order valence-electron chi connectivity index (χ3n) is 4.54. The number of benzene rings is 1. The molecular formula is C17H26ClN3. The molecule has 3 nitrogen and oxygen atoms in total. The minimum Gasteiger partial charge on any atom is -0.368 e. The molecule has 0 amide bonds. The summed E-state index contributed by atoms with van der Waals surface area (Å²) in [6.45, 7) is 9.85. The Hall–Kier alpha value is -0.770. The fourth-order valence-corrected chi connectivity index (χ4v) is 3.45. The van der Waals surface area contributed by atoms with Gasteiger partial charge in [0.2, 0.25) is 0 Å². The predicted octanol–water partition coefficient (Wildman–Crippen LogP) is 2.98. The van der Waals surface area contributed by atoms with Gasteiger partial charge in [0.25, 0.3) is 0 Å². The Labute approximate surface area is 133 Å². The standard InChI is InChI=1S/C17H26ClN3/c1-2-19-12-15-4-3-5-16(18)17(15)21-10-8-20(9-11-21)13-14-6-7-14/h3-5,14,19H,2,6-13H2,1H3. The van der Waals surface area contributed by atoms with E-state index in [2.05, 4.69) is 34.2 Å². The molecule has 1 heterocycles. The van der Waals surface area contributed by atoms with Gasteiger partial charge in [0.05, 0.1) is 10.7 Å². The number of nitrogens with zero attached hydrogens (tertiary/aromatic N) is 2. The highest BCUT2D eigenvalue weighted by Gasteiger charge is 2.27. The maximum atomic E-state index is 6.49. The summed E-state index contributed by atoms with van der Waals surface area (Å²) < 4.78 is 0. The molecule has 4 heteroatoms. The van der Waals surface area contributed by atoms with E-state index in [0.717, 1.165) is 37.1 Å². The van der Waals surface area contributed by atoms with Gasteiger partial charge in [0.15, 0.2) is 0 Å². The van der Waals surface area contributed by atoms with E-state index < -0.39 is 0 Å². The lowest BCUT2D eigenvalue weighted by Gasteiger charge is -2.37. The molecule has 116 valence electrons. The van der Waals surface area contributed by atoms with Crippen LogP contribution >= 0.6 is 11.6 Å². The van der Waals surface area contributed by atoms with Crippen LogP contribution in [0.1, 0.15) is 25.3 Å². The zero-order valence-electron chi connectivity index (χ0n) is 12.9. The first-order valence-corrected chi connectivity index (χ1v) is 8.61. The molecule has 1 N–H and O–H groups in total. The SMILES string of the molecule is CCNCc1cccc(Cl)c1N1CCN(CC2CC2)CC1. The van der Waals surface area contributed by atoms with Crippen molar-refractivity contribution in [3.63, 3.8) is 0 Å². The summed E-state index contributed by atoms with van der Waals surface area (Å²) >= 11 is 6.49. The average Bonchev–Trinajstić information content (AvgIpc) is 3.30. The van der Waals surface area contributed by atoms with Crippen molar-refractivity contribution in [1.29, 1.82) is 0 Å². The highest BCUT2D eigenvalue weighted by atomic mass is 35.5. The van der Waals surface area contributed by atoms with E-state index in [1.54, 1.807) is 0 Å². The van der Waals surface area contributed by atoms with Gasteiger partial charge in [-0.05, 0) is 36.9 Å². The summed E-state index contributed by atoms with van der Waals surface area (Å²) in [6, 6.07) is 6.27. The Balaban J connectivity index is 1.65. The predicted molar refractivity (Wildman–Crippen MR) is 90.2 cm³/mol. The number of halogens is 1. The third kappa shape index (κ3) is 3.91. The number of anilines is 1. The Morgan fingerprint density at radius 3 is 2.62 bits per heavy atom. The van der Waals surface area contributed by atoms with Gasteiger partial charge in [-0.3, -0.25) is 4.90 Å². The molecule has 3 rings (SSSR count). The average molecular weight is 308 g/mol. The second-order valence-electron chi connectivity index (χ2n) is 6.26. The van der Waals surface area contributed by atoms with Crippen LogP contribution in [-0.4, -0.2) is 44.2 Å². The minimum absolute atomic E-state index is 0.890. The molecule has 0 bridgehead atoms. The fourth-order valence-electron chi connectivity index (χ4n) is 3.14. The van der Waals surface area contributed by atoms with Crippen molar-refractivity contribution in [2.75, 3.05) is 44.2 Å². The summed E-state index contributed by atoms with van der Waals surface area (Å²) in [6.07, 6.45) is 2.88. The zero-order valence-corrected chi connectivity index (χ0v) is 13.7. The largest absolute Gasteiger partial charge is 0.368 e. The number of piperazine rings is 1. The van der Waals surface area contributed by atoms with Crippen LogP contribution in [0.4, 0.5) is 5.69 Å². The topological polar surface area (TPSA) is 18.5 Å². The maximum Gasteiger partial charge on any atom is 0.0642 e. The molecule has 2 aliphatic rings. The Morgan fingerprint density at radius 1 is 1.19 bits per heavy atom. The van der Waals surface area contributed by atoms with Crippen LogP contribution in [0.15, 0.2) is 18.2 Å². The van der Waals surface area contributed by atoms with Crippen molar-refractivity contribution in [2.24, 2.45) is 5.92 Å². The van der Waals surface area contributed by atoms with Gasteiger partial charge in [-0.1, -0.05) is 30.7 Å². The van der Waals surface area contributed by atoms with E-state index >= 15 is 0 Å². The molecular weight excluding hydrogens is 282 g/mol. The molecule has 2 fully saturated rings. The fraction of sp³-hybridized carbons (Fsp3) is 0.647. The molecule has 1 aliphatic heterocycles. The first-order valence-electron chi connectivity index (χ1n) is 8.23. The Morgan fingerprint density at radius 2 is 1.95 bits per heavy atom. The van der Waals surface area contributed by atoms with Crippen molar-refractivity contribution in [3.8, 4) is 0 Å². The molecule has 21 heavy (non-hydrogen) atoms. The third-order valence-corrected chi connectivity index (χ3v) is 4.84. The van der Waals surface area contributed by atoms with Crippen molar-refractivity contribution in [2.45, 2.75) is 26.3 Å². The van der Waals surface area contributed by atoms with Crippen LogP contribution in [0.3, 0.4) is 0 Å². The second kappa shape index (κ2) is 6.99. The second-order valence-corrected chi connectivity index (χ2v) is 6.67. The van der Waals surface area contributed by atoms with Gasteiger partial charge in [-0.15, -0.1) is 0 Å². The van der Waals surface area contributed by atoms with E-state index in [4.69, 9.17) is 11.6 Å². The van der Waals surface area contributed by atoms with Gasteiger partial charge in [-0.2, -0.15) is 0 Å². The monoisotopic (exact) mass is 307 g/mol. The van der Waals surface area contributed by atoms with Crippen molar-refractivity contribution < 1.29 is 0 Å². The molecule has 1 aliphatic carbocycles. The van der Waals surface area contributed by atoms with Crippen LogP contribution < -0.4 is 10.2 Å². The van der Waals surface area contributed by atoms with Gasteiger partial charge >= 0.3 is 0 Å². The molecule has 0 radical (unpaired) electrons. The molecule has 0 spiro atoms. The van der Waals surface area contributed by atoms with Gasteiger partial charge in [0.1, 0.15) is 0 Å². The zero-order chi connectivity index (χ0) is 14.7. The normalized spacial score (nSPS) is 20.0. The lowest BCUT2D eigenvalue weighted by molar-refractivity contribution is 0.248. The van der Waals surface area contributed by atoms with Crippen LogP contribution in [0.25, 0.3) is 0 Å². The van der Waals surface area contributed by atoms with E-state index in [-0.39, 0.29) is 0 Å². The highest BCUT2D eigenvalue weighted by molar-refractivity contribution is 6.33. The van der Waals surface area contributed by atoms with Gasteiger partial charge in [-0.25, -0.2) is 0 Å². The Bertz CT molecular complexity index is 465. The molecule has 0 atom stereocenters. The van der Waals surface area contributed by atoms with Gasteiger partial charge < -0.3 is 10.2 Å². The molecule has 0 unspecified atom stereocenters. The summed E-state index contributed by atoms with van der Waals surface area (Å²) in [5, 5.41) is 4.31. The maximum absolute atomic E-state index is 6.49. The number of para-hydroxylation sites is 1. The first kappa shape index (κ1) is 15.1. The summed E-state index contributed by atoms with van der Waals surface area (Å²) in [7, 11) is 0. The van der Waals surface area contributed by atoms with Crippen molar-refractivity contribution >= 4 is 17.3 Å². The number of nitrogens with one attached hydrogen (secondary N) is 1. The molecule has 0 aromatic heterocycles. The smallest absolute Gasteiger partial charge is 0.0642 e. The first-order chi connectivity index (χ1) is 10.3. The Kier molecular flexibility index (Phi) is 5.04. The highest BCUT2D eigenvalue weighted by Crippen LogP contribution is 2.32. The lowest BCUT2D eigenvalue weighted by atomic mass is 10.1. The van der Waals surface area contributed by atoms with E-state index in [1.165, 1.54) is 43.7 Å². The number of rotatable bonds is 6. The minimum atomic E-state index is 0.890. The summed E-state index contributed by atoms with van der Waals surface area (Å²) in [5.74, 6) is 0.987. The van der Waals surface area contributed by atoms with Gasteiger partial charge in [0, 0.05) is 39.3 Å². The lowest BCUT2D eigenvalue weighted by Crippen LogP contribution is -2.47. The van der Waals surface area contributed by atoms with Crippen LogP contribution in [0.5, 0.6) is 0 Å². The van der Waals surface area contributed by atoms with Crippen LogP contribution in [-0.2, 0) is 6.54 Å². The van der Waals surface area contributed by atoms with Crippen molar-refractivity contribution in [1.82, 2.24) is 10.2 Å². The van der Waals surface area contributed by atoms with Crippen molar-refractivity contribution in [3.05, 3.63) is 28.8 Å². The quantitative estimate of drug-likeness (QED) is 0.871. The molecule has 1 saturated heterocycles. The molecule has 1 saturated carbocycles. The summed E-state index contributed by atoms with van der Waals surface area (Å²) in [4.78, 5) is 5.09. The summed E-state index contributed by atoms with van der Waals surface area (Å²) in [5.41, 5.74) is 2.56. The van der Waals surface area contributed by atoms with Crippen LogP contribution in [0, 0.1) is 5.92 Å². The van der Waals surface area contributed by atoms with E-state index in [0.29, 0.717) is 0 Å². The van der Waals surface area contributed by atoms with Crippen LogP contribution in [0.2, 0.25) is 5.02 Å².